The molecule has 2 aromatic carbocycles. The molecule has 4 nitrogen and oxygen atoms in total. The highest BCUT2D eigenvalue weighted by molar-refractivity contribution is 5.76. The highest BCUT2D eigenvalue weighted by Crippen LogP contribution is 2.18. The highest BCUT2D eigenvalue weighted by atomic mass is 16.4. The molecule has 102 valence electrons. The molecule has 2 N–H and O–H groups in total. The van der Waals surface area contributed by atoms with E-state index in [4.69, 9.17) is 4.42 Å². The average molecular weight is 268 g/mol. The molecular weight excluding hydrogens is 252 g/mol. The van der Waals surface area contributed by atoms with Crippen LogP contribution in [0.2, 0.25) is 0 Å². The number of anilines is 1. The van der Waals surface area contributed by atoms with Crippen molar-refractivity contribution in [2.75, 3.05) is 5.32 Å². The summed E-state index contributed by atoms with van der Waals surface area (Å²) in [6, 6.07) is 12.0. The number of benzene rings is 2. The lowest BCUT2D eigenvalue weighted by Gasteiger charge is -2.09. The summed E-state index contributed by atoms with van der Waals surface area (Å²) in [6.07, 6.45) is 0. The monoisotopic (exact) mass is 268 g/mol. The maximum absolute atomic E-state index is 11.1. The van der Waals surface area contributed by atoms with Crippen molar-refractivity contribution in [1.82, 2.24) is 4.98 Å². The Bertz CT molecular complexity index is 815. The minimum Gasteiger partial charge on any atom is -0.408 e. The van der Waals surface area contributed by atoms with Gasteiger partial charge in [0, 0.05) is 12.2 Å². The van der Waals surface area contributed by atoms with Crippen molar-refractivity contribution in [3.8, 4) is 0 Å². The molecule has 0 saturated carbocycles. The van der Waals surface area contributed by atoms with Crippen LogP contribution in [0.1, 0.15) is 16.7 Å². The third-order valence-corrected chi connectivity index (χ3v) is 3.40. The van der Waals surface area contributed by atoms with Crippen LogP contribution in [0.4, 0.5) is 5.69 Å². The molecule has 0 radical (unpaired) electrons. The predicted octanol–water partition coefficient (Wildman–Crippen LogP) is 3.35. The molecule has 0 saturated heterocycles. The fourth-order valence-electron chi connectivity index (χ4n) is 2.30. The van der Waals surface area contributed by atoms with Gasteiger partial charge >= 0.3 is 5.76 Å². The van der Waals surface area contributed by atoms with Crippen LogP contribution in [-0.4, -0.2) is 4.98 Å². The van der Waals surface area contributed by atoms with Crippen LogP contribution in [0.25, 0.3) is 11.1 Å². The van der Waals surface area contributed by atoms with Gasteiger partial charge in [-0.2, -0.15) is 0 Å². The number of hydrogen-bond donors (Lipinski definition) is 2. The quantitative estimate of drug-likeness (QED) is 0.766. The molecule has 0 aliphatic heterocycles. The smallest absolute Gasteiger partial charge is 0.408 e. The molecule has 1 aromatic heterocycles. The Morgan fingerprint density at radius 1 is 1.15 bits per heavy atom. The van der Waals surface area contributed by atoms with Crippen LogP contribution in [0.15, 0.2) is 45.6 Å². The number of aryl methyl sites for hydroxylation is 2. The molecule has 0 unspecified atom stereocenters. The van der Waals surface area contributed by atoms with E-state index in [9.17, 15) is 4.79 Å². The van der Waals surface area contributed by atoms with Crippen molar-refractivity contribution in [2.45, 2.75) is 20.4 Å². The first-order valence-electron chi connectivity index (χ1n) is 6.55. The summed E-state index contributed by atoms with van der Waals surface area (Å²) < 4.78 is 4.98. The molecule has 1 heterocycles. The van der Waals surface area contributed by atoms with Gasteiger partial charge < -0.3 is 9.73 Å². The van der Waals surface area contributed by atoms with E-state index in [0.29, 0.717) is 11.1 Å². The summed E-state index contributed by atoms with van der Waals surface area (Å²) >= 11 is 0. The minimum absolute atomic E-state index is 0.425. The summed E-state index contributed by atoms with van der Waals surface area (Å²) in [5.41, 5.74) is 6.04. The van der Waals surface area contributed by atoms with Crippen LogP contribution in [0, 0.1) is 13.8 Å². The maximum atomic E-state index is 11.1. The molecule has 0 aliphatic carbocycles. The van der Waals surface area contributed by atoms with Gasteiger partial charge in [0.2, 0.25) is 0 Å². The number of aromatic nitrogens is 1. The Morgan fingerprint density at radius 2 is 2.00 bits per heavy atom. The summed E-state index contributed by atoms with van der Waals surface area (Å²) in [6.45, 7) is 4.95. The number of rotatable bonds is 3. The number of aromatic amines is 1. The summed E-state index contributed by atoms with van der Waals surface area (Å²) in [5, 5.41) is 3.36. The number of fused-ring (bicyclic) bond motifs is 1. The standard InChI is InChI=1S/C16H16N2O2/c1-10-3-4-12(11(2)7-10)9-17-13-5-6-15-14(8-13)18-16(19)20-15/h3-8,17H,9H2,1-2H3,(H,18,19). The van der Waals surface area contributed by atoms with Crippen LogP contribution in [-0.2, 0) is 6.54 Å². The van der Waals surface area contributed by atoms with E-state index in [0.717, 1.165) is 12.2 Å². The highest BCUT2D eigenvalue weighted by Gasteiger charge is 2.03. The molecule has 3 aromatic rings. The van der Waals surface area contributed by atoms with Crippen molar-refractivity contribution in [2.24, 2.45) is 0 Å². The Kier molecular flexibility index (Phi) is 3.06. The Balaban J connectivity index is 1.80. The zero-order chi connectivity index (χ0) is 14.1. The molecule has 3 rings (SSSR count). The molecule has 0 spiro atoms. The maximum Gasteiger partial charge on any atom is 0.417 e. The van der Waals surface area contributed by atoms with E-state index in [1.165, 1.54) is 16.7 Å². The Morgan fingerprint density at radius 3 is 2.80 bits per heavy atom. The Hall–Kier alpha value is -2.49. The van der Waals surface area contributed by atoms with Gasteiger partial charge in [-0.05, 0) is 43.2 Å². The minimum atomic E-state index is -0.425. The van der Waals surface area contributed by atoms with Gasteiger partial charge in [0.05, 0.1) is 5.52 Å². The number of H-pyrrole nitrogens is 1. The Labute approximate surface area is 116 Å². The van der Waals surface area contributed by atoms with Crippen molar-refractivity contribution in [3.63, 3.8) is 0 Å². The second kappa shape index (κ2) is 4.89. The molecular formula is C16H16N2O2. The largest absolute Gasteiger partial charge is 0.417 e. The zero-order valence-electron chi connectivity index (χ0n) is 11.5. The van der Waals surface area contributed by atoms with Crippen LogP contribution >= 0.6 is 0 Å². The van der Waals surface area contributed by atoms with Crippen molar-refractivity contribution in [3.05, 3.63) is 63.6 Å². The summed E-state index contributed by atoms with van der Waals surface area (Å²) in [5.74, 6) is -0.425. The summed E-state index contributed by atoms with van der Waals surface area (Å²) in [7, 11) is 0. The van der Waals surface area contributed by atoms with Gasteiger partial charge in [-0.1, -0.05) is 23.8 Å². The van der Waals surface area contributed by atoms with E-state index in [1.807, 2.05) is 12.1 Å². The van der Waals surface area contributed by atoms with Crippen LogP contribution in [0.5, 0.6) is 0 Å². The van der Waals surface area contributed by atoms with E-state index in [1.54, 1.807) is 6.07 Å². The van der Waals surface area contributed by atoms with E-state index < -0.39 is 5.76 Å². The second-order valence-electron chi connectivity index (χ2n) is 5.01. The molecule has 20 heavy (non-hydrogen) atoms. The van der Waals surface area contributed by atoms with Gasteiger partial charge in [-0.25, -0.2) is 4.79 Å². The number of hydrogen-bond acceptors (Lipinski definition) is 3. The number of nitrogens with one attached hydrogen (secondary N) is 2. The van der Waals surface area contributed by atoms with E-state index in [-0.39, 0.29) is 0 Å². The second-order valence-corrected chi connectivity index (χ2v) is 5.01. The van der Waals surface area contributed by atoms with Gasteiger partial charge in [0.15, 0.2) is 5.58 Å². The van der Waals surface area contributed by atoms with Gasteiger partial charge in [-0.15, -0.1) is 0 Å². The van der Waals surface area contributed by atoms with Crippen molar-refractivity contribution >= 4 is 16.8 Å². The van der Waals surface area contributed by atoms with Crippen LogP contribution in [0.3, 0.4) is 0 Å². The van der Waals surface area contributed by atoms with Gasteiger partial charge in [-0.3, -0.25) is 4.98 Å². The zero-order valence-corrected chi connectivity index (χ0v) is 11.5. The molecule has 0 fully saturated rings. The van der Waals surface area contributed by atoms with E-state index in [2.05, 4.69) is 42.3 Å². The molecule has 0 amide bonds. The predicted molar refractivity (Wildman–Crippen MR) is 80.1 cm³/mol. The fraction of sp³-hybridized carbons (Fsp3) is 0.188. The molecule has 0 aliphatic rings. The fourth-order valence-corrected chi connectivity index (χ4v) is 2.30. The van der Waals surface area contributed by atoms with Crippen molar-refractivity contribution < 1.29 is 4.42 Å². The first-order chi connectivity index (χ1) is 9.61. The number of oxazole rings is 1. The first-order valence-corrected chi connectivity index (χ1v) is 6.55. The normalized spacial score (nSPS) is 10.9. The van der Waals surface area contributed by atoms with E-state index >= 15 is 0 Å². The molecule has 0 atom stereocenters. The third-order valence-electron chi connectivity index (χ3n) is 3.40. The average Bonchev–Trinajstić information content (AvgIpc) is 2.77. The van der Waals surface area contributed by atoms with Crippen molar-refractivity contribution in [1.29, 1.82) is 0 Å². The lowest BCUT2D eigenvalue weighted by molar-refractivity contribution is 0.555. The molecule has 0 bridgehead atoms. The van der Waals surface area contributed by atoms with Crippen LogP contribution < -0.4 is 11.1 Å². The molecule has 4 heteroatoms. The van der Waals surface area contributed by atoms with Gasteiger partial charge in [0.25, 0.3) is 0 Å². The van der Waals surface area contributed by atoms with Gasteiger partial charge in [0.1, 0.15) is 0 Å². The first kappa shape index (κ1) is 12.5. The lowest BCUT2D eigenvalue weighted by atomic mass is 10.1. The SMILES string of the molecule is Cc1ccc(CNc2ccc3oc(=O)[nH]c3c2)c(C)c1. The topological polar surface area (TPSA) is 58.0 Å². The third kappa shape index (κ3) is 2.45. The lowest BCUT2D eigenvalue weighted by Crippen LogP contribution is -2.01. The summed E-state index contributed by atoms with van der Waals surface area (Å²) in [4.78, 5) is 13.8.